The second-order valence-electron chi connectivity index (χ2n) is 5.89. The number of amides is 1. The molecule has 1 heterocycles. The highest BCUT2D eigenvalue weighted by Crippen LogP contribution is 2.29. The van der Waals surface area contributed by atoms with Gasteiger partial charge < -0.3 is 15.3 Å². The van der Waals surface area contributed by atoms with E-state index in [0.29, 0.717) is 11.8 Å². The Bertz CT molecular complexity index is 480. The minimum absolute atomic E-state index is 0.109. The number of carbonyl (C=O) groups is 1. The maximum Gasteiger partial charge on any atom is 0.230 e. The van der Waals surface area contributed by atoms with Gasteiger partial charge in [0.25, 0.3) is 0 Å². The van der Waals surface area contributed by atoms with Crippen molar-refractivity contribution in [3.63, 3.8) is 0 Å². The number of hydrogen-bond donors (Lipinski definition) is 2. The summed E-state index contributed by atoms with van der Waals surface area (Å²) in [4.78, 5) is 15.6. The largest absolute Gasteiger partial charge is 0.508 e. The van der Waals surface area contributed by atoms with Crippen LogP contribution in [0.15, 0.2) is 29.2 Å². The fourth-order valence-corrected chi connectivity index (χ4v) is 3.52. The van der Waals surface area contributed by atoms with Crippen molar-refractivity contribution < 1.29 is 9.90 Å². The molecular formula is C16H22N2O2S. The van der Waals surface area contributed by atoms with Gasteiger partial charge in [-0.25, -0.2) is 0 Å². The zero-order valence-corrected chi connectivity index (χ0v) is 12.9. The number of aromatic hydroxyl groups is 1. The Hall–Kier alpha value is -1.20. The van der Waals surface area contributed by atoms with Gasteiger partial charge in [-0.15, -0.1) is 11.8 Å². The van der Waals surface area contributed by atoms with E-state index in [0.717, 1.165) is 36.9 Å². The van der Waals surface area contributed by atoms with Gasteiger partial charge in [-0.3, -0.25) is 4.79 Å². The Labute approximate surface area is 129 Å². The van der Waals surface area contributed by atoms with Crippen LogP contribution in [0.5, 0.6) is 5.75 Å². The van der Waals surface area contributed by atoms with Gasteiger partial charge >= 0.3 is 0 Å². The molecule has 1 saturated heterocycles. The normalized spacial score (nSPS) is 20.4. The van der Waals surface area contributed by atoms with Crippen LogP contribution in [-0.2, 0) is 4.79 Å². The lowest BCUT2D eigenvalue weighted by Crippen LogP contribution is -2.45. The summed E-state index contributed by atoms with van der Waals surface area (Å²) in [7, 11) is 0. The summed E-state index contributed by atoms with van der Waals surface area (Å²) < 4.78 is 0. The van der Waals surface area contributed by atoms with Gasteiger partial charge in [0.15, 0.2) is 0 Å². The molecule has 0 bridgehead atoms. The number of nitrogens with one attached hydrogen (secondary N) is 1. The van der Waals surface area contributed by atoms with Crippen LogP contribution in [0, 0.1) is 0 Å². The first kappa shape index (κ1) is 14.7. The molecule has 0 unspecified atom stereocenters. The van der Waals surface area contributed by atoms with Crippen molar-refractivity contribution in [1.29, 1.82) is 0 Å². The van der Waals surface area contributed by atoms with Crippen LogP contribution < -0.4 is 5.32 Å². The van der Waals surface area contributed by atoms with E-state index in [1.165, 1.54) is 24.6 Å². The lowest BCUT2D eigenvalue weighted by molar-refractivity contribution is -0.119. The number of rotatable bonds is 5. The van der Waals surface area contributed by atoms with Crippen LogP contribution in [0.1, 0.15) is 25.7 Å². The monoisotopic (exact) mass is 306 g/mol. The molecule has 0 aromatic heterocycles. The minimum atomic E-state index is 0.109. The third-order valence-corrected chi connectivity index (χ3v) is 5.18. The van der Waals surface area contributed by atoms with E-state index in [1.807, 2.05) is 12.1 Å². The van der Waals surface area contributed by atoms with Gasteiger partial charge in [0, 0.05) is 30.1 Å². The van der Waals surface area contributed by atoms with Crippen LogP contribution in [0.3, 0.4) is 0 Å². The van der Waals surface area contributed by atoms with Gasteiger partial charge in [0.2, 0.25) is 5.91 Å². The van der Waals surface area contributed by atoms with Crippen molar-refractivity contribution in [1.82, 2.24) is 10.2 Å². The van der Waals surface area contributed by atoms with Crippen molar-refractivity contribution in [2.45, 2.75) is 42.7 Å². The quantitative estimate of drug-likeness (QED) is 0.819. The standard InChI is InChI=1S/C16H22N2O2S/c19-14-3-5-15(6-4-14)21-11-16(20)17-12-7-9-18(10-8-12)13-1-2-13/h3-6,12-13,19H,1-2,7-11H2,(H,17,20). The van der Waals surface area contributed by atoms with Crippen molar-refractivity contribution in [3.8, 4) is 5.75 Å². The van der Waals surface area contributed by atoms with Crippen LogP contribution in [0.25, 0.3) is 0 Å². The summed E-state index contributed by atoms with van der Waals surface area (Å²) in [5.74, 6) is 0.803. The van der Waals surface area contributed by atoms with Gasteiger partial charge in [-0.2, -0.15) is 0 Å². The van der Waals surface area contributed by atoms with Crippen LogP contribution in [-0.4, -0.2) is 46.8 Å². The van der Waals surface area contributed by atoms with Crippen molar-refractivity contribution in [2.75, 3.05) is 18.8 Å². The zero-order valence-electron chi connectivity index (χ0n) is 12.1. The second kappa shape index (κ2) is 6.71. The predicted octanol–water partition coefficient (Wildman–Crippen LogP) is 2.23. The van der Waals surface area contributed by atoms with Gasteiger partial charge in [0.05, 0.1) is 5.75 Å². The summed E-state index contributed by atoms with van der Waals surface area (Å²) in [5, 5.41) is 12.4. The molecule has 1 aliphatic heterocycles. The molecule has 21 heavy (non-hydrogen) atoms. The molecule has 4 nitrogen and oxygen atoms in total. The first-order chi connectivity index (χ1) is 10.2. The molecule has 2 fully saturated rings. The van der Waals surface area contributed by atoms with E-state index in [-0.39, 0.29) is 11.7 Å². The number of benzene rings is 1. The van der Waals surface area contributed by atoms with E-state index in [1.54, 1.807) is 12.1 Å². The van der Waals surface area contributed by atoms with E-state index in [2.05, 4.69) is 10.2 Å². The van der Waals surface area contributed by atoms with Gasteiger partial charge in [-0.05, 0) is 49.9 Å². The van der Waals surface area contributed by atoms with E-state index >= 15 is 0 Å². The van der Waals surface area contributed by atoms with Crippen molar-refractivity contribution >= 4 is 17.7 Å². The van der Waals surface area contributed by atoms with Crippen LogP contribution in [0.4, 0.5) is 0 Å². The third-order valence-electron chi connectivity index (χ3n) is 4.16. The highest BCUT2D eigenvalue weighted by molar-refractivity contribution is 8.00. The Morgan fingerprint density at radius 2 is 1.86 bits per heavy atom. The molecule has 1 saturated carbocycles. The summed E-state index contributed by atoms with van der Waals surface area (Å²) in [6.45, 7) is 2.25. The first-order valence-corrected chi connectivity index (χ1v) is 8.64. The molecule has 0 spiro atoms. The molecule has 3 rings (SSSR count). The number of phenolic OH excluding ortho intramolecular Hbond substituents is 1. The molecule has 2 N–H and O–H groups in total. The predicted molar refractivity (Wildman–Crippen MR) is 84.6 cm³/mol. The number of nitrogens with zero attached hydrogens (tertiary/aromatic N) is 1. The van der Waals surface area contributed by atoms with Crippen molar-refractivity contribution in [3.05, 3.63) is 24.3 Å². The minimum Gasteiger partial charge on any atom is -0.508 e. The average molecular weight is 306 g/mol. The number of likely N-dealkylation sites (tertiary alicyclic amines) is 1. The fraction of sp³-hybridized carbons (Fsp3) is 0.562. The van der Waals surface area contributed by atoms with Crippen LogP contribution >= 0.6 is 11.8 Å². The number of phenols is 1. The molecule has 2 aliphatic rings. The Kier molecular flexibility index (Phi) is 4.70. The molecule has 1 aromatic carbocycles. The molecule has 0 atom stereocenters. The maximum atomic E-state index is 12.0. The molecule has 5 heteroatoms. The Morgan fingerprint density at radius 1 is 1.19 bits per heavy atom. The van der Waals surface area contributed by atoms with E-state index in [9.17, 15) is 9.90 Å². The number of piperidine rings is 1. The van der Waals surface area contributed by atoms with E-state index < -0.39 is 0 Å². The average Bonchev–Trinajstić information content (AvgIpc) is 3.32. The second-order valence-corrected chi connectivity index (χ2v) is 6.94. The number of thioether (sulfide) groups is 1. The summed E-state index contributed by atoms with van der Waals surface area (Å²) in [5.41, 5.74) is 0. The fourth-order valence-electron chi connectivity index (χ4n) is 2.81. The number of hydrogen-bond acceptors (Lipinski definition) is 4. The molecule has 1 amide bonds. The lowest BCUT2D eigenvalue weighted by atomic mass is 10.1. The summed E-state index contributed by atoms with van der Waals surface area (Å²) in [6.07, 6.45) is 4.87. The first-order valence-electron chi connectivity index (χ1n) is 7.66. The van der Waals surface area contributed by atoms with Gasteiger partial charge in [0.1, 0.15) is 5.75 Å². The topological polar surface area (TPSA) is 52.6 Å². The maximum absolute atomic E-state index is 12.0. The zero-order chi connectivity index (χ0) is 14.7. The summed E-state index contributed by atoms with van der Waals surface area (Å²) in [6, 6.07) is 8.14. The third kappa shape index (κ3) is 4.38. The Morgan fingerprint density at radius 3 is 2.48 bits per heavy atom. The molecule has 1 aromatic rings. The highest BCUT2D eigenvalue weighted by atomic mass is 32.2. The lowest BCUT2D eigenvalue weighted by Gasteiger charge is -2.32. The molecule has 114 valence electrons. The van der Waals surface area contributed by atoms with Crippen molar-refractivity contribution in [2.24, 2.45) is 0 Å². The summed E-state index contributed by atoms with van der Waals surface area (Å²) >= 11 is 1.51. The van der Waals surface area contributed by atoms with Crippen LogP contribution in [0.2, 0.25) is 0 Å². The molecule has 0 radical (unpaired) electrons. The Balaban J connectivity index is 1.37. The SMILES string of the molecule is O=C(CSc1ccc(O)cc1)NC1CCN(C2CC2)CC1. The molecule has 1 aliphatic carbocycles. The molecular weight excluding hydrogens is 284 g/mol. The van der Waals surface area contributed by atoms with E-state index in [4.69, 9.17) is 0 Å². The van der Waals surface area contributed by atoms with Gasteiger partial charge in [-0.1, -0.05) is 0 Å². The number of carbonyl (C=O) groups excluding carboxylic acids is 1. The highest BCUT2D eigenvalue weighted by Gasteiger charge is 2.31. The smallest absolute Gasteiger partial charge is 0.230 e.